The average Bonchev–Trinajstić information content (AvgIpc) is 2.69. The standard InChI is InChI=1S/C22H26F3N3O2/c1-14(2)20(27-21(29)19-16(24)9-6-10-17(19)25)22(30)26-12-7-13-28(3)18-11-5-4-8-15(18)23/h4-6,8-11,14,20H,7,12-13H2,1-3H3,(H,26,30)(H,27,29). The van der Waals surface area contributed by atoms with Gasteiger partial charge < -0.3 is 15.5 Å². The molecule has 0 aliphatic carbocycles. The Kier molecular flexibility index (Phi) is 8.26. The van der Waals surface area contributed by atoms with Gasteiger partial charge in [0.25, 0.3) is 5.91 Å². The maximum absolute atomic E-state index is 13.8. The van der Waals surface area contributed by atoms with E-state index in [9.17, 15) is 22.8 Å². The predicted octanol–water partition coefficient (Wildman–Crippen LogP) is 3.50. The summed E-state index contributed by atoms with van der Waals surface area (Å²) in [5.74, 6) is -4.06. The van der Waals surface area contributed by atoms with Crippen molar-refractivity contribution in [2.75, 3.05) is 25.0 Å². The Morgan fingerprint density at radius 1 is 0.967 bits per heavy atom. The number of para-hydroxylation sites is 1. The zero-order valence-corrected chi connectivity index (χ0v) is 17.2. The van der Waals surface area contributed by atoms with Gasteiger partial charge in [-0.3, -0.25) is 9.59 Å². The van der Waals surface area contributed by atoms with E-state index in [-0.39, 0.29) is 11.7 Å². The monoisotopic (exact) mass is 421 g/mol. The molecule has 0 saturated heterocycles. The second-order valence-electron chi connectivity index (χ2n) is 7.31. The Bertz CT molecular complexity index is 869. The van der Waals surface area contributed by atoms with E-state index >= 15 is 0 Å². The van der Waals surface area contributed by atoms with Gasteiger partial charge in [0.1, 0.15) is 29.1 Å². The number of hydrogen-bond acceptors (Lipinski definition) is 3. The number of hydrogen-bond donors (Lipinski definition) is 2. The van der Waals surface area contributed by atoms with Gasteiger partial charge >= 0.3 is 0 Å². The lowest BCUT2D eigenvalue weighted by atomic mass is 10.0. The third kappa shape index (κ3) is 5.98. The largest absolute Gasteiger partial charge is 0.372 e. The number of rotatable bonds is 9. The molecule has 1 unspecified atom stereocenters. The second-order valence-corrected chi connectivity index (χ2v) is 7.31. The average molecular weight is 421 g/mol. The molecule has 0 bridgehead atoms. The lowest BCUT2D eigenvalue weighted by Gasteiger charge is -2.23. The molecule has 0 fully saturated rings. The maximum Gasteiger partial charge on any atom is 0.257 e. The highest BCUT2D eigenvalue weighted by Gasteiger charge is 2.27. The number of nitrogens with zero attached hydrogens (tertiary/aromatic N) is 1. The zero-order valence-electron chi connectivity index (χ0n) is 17.2. The van der Waals surface area contributed by atoms with Gasteiger partial charge in [-0.15, -0.1) is 0 Å². The first-order valence-electron chi connectivity index (χ1n) is 9.70. The number of amides is 2. The topological polar surface area (TPSA) is 61.4 Å². The van der Waals surface area contributed by atoms with Crippen molar-refractivity contribution in [2.45, 2.75) is 26.3 Å². The summed E-state index contributed by atoms with van der Waals surface area (Å²) < 4.78 is 41.4. The summed E-state index contributed by atoms with van der Waals surface area (Å²) in [6, 6.07) is 8.56. The molecule has 2 rings (SSSR count). The molecule has 2 aromatic rings. The molecule has 0 aliphatic rings. The van der Waals surface area contributed by atoms with Crippen molar-refractivity contribution in [2.24, 2.45) is 5.92 Å². The normalized spacial score (nSPS) is 11.8. The minimum absolute atomic E-state index is 0.296. The van der Waals surface area contributed by atoms with Crippen molar-refractivity contribution in [1.82, 2.24) is 10.6 Å². The number of benzene rings is 2. The van der Waals surface area contributed by atoms with E-state index in [1.165, 1.54) is 6.07 Å². The lowest BCUT2D eigenvalue weighted by Crippen LogP contribution is -2.50. The van der Waals surface area contributed by atoms with Crippen LogP contribution in [0.3, 0.4) is 0 Å². The van der Waals surface area contributed by atoms with Gasteiger partial charge in [0, 0.05) is 20.1 Å². The minimum atomic E-state index is -0.994. The van der Waals surface area contributed by atoms with Crippen molar-refractivity contribution in [1.29, 1.82) is 0 Å². The summed E-state index contributed by atoms with van der Waals surface area (Å²) in [6.07, 6.45) is 0.539. The van der Waals surface area contributed by atoms with Gasteiger partial charge in [-0.25, -0.2) is 13.2 Å². The molecule has 0 aromatic heterocycles. The van der Waals surface area contributed by atoms with Crippen LogP contribution in [0.2, 0.25) is 0 Å². The molecule has 30 heavy (non-hydrogen) atoms. The van der Waals surface area contributed by atoms with Crippen LogP contribution >= 0.6 is 0 Å². The van der Waals surface area contributed by atoms with Crippen molar-refractivity contribution in [3.05, 3.63) is 65.5 Å². The van der Waals surface area contributed by atoms with Crippen molar-refractivity contribution < 1.29 is 22.8 Å². The molecule has 1 atom stereocenters. The van der Waals surface area contributed by atoms with Crippen LogP contribution in [-0.4, -0.2) is 38.0 Å². The maximum atomic E-state index is 13.8. The Balaban J connectivity index is 1.90. The Morgan fingerprint density at radius 2 is 1.57 bits per heavy atom. The molecular formula is C22H26F3N3O2. The highest BCUT2D eigenvalue weighted by molar-refractivity contribution is 5.98. The van der Waals surface area contributed by atoms with E-state index in [2.05, 4.69) is 10.6 Å². The molecule has 0 radical (unpaired) electrons. The molecule has 0 spiro atoms. The molecule has 0 aliphatic heterocycles. The Hall–Kier alpha value is -3.03. The fourth-order valence-electron chi connectivity index (χ4n) is 2.98. The Labute approximate surface area is 174 Å². The summed E-state index contributed by atoms with van der Waals surface area (Å²) in [6.45, 7) is 4.23. The van der Waals surface area contributed by atoms with Gasteiger partial charge in [0.15, 0.2) is 0 Å². The lowest BCUT2D eigenvalue weighted by molar-refractivity contribution is -0.123. The number of carbonyl (C=O) groups is 2. The first kappa shape index (κ1) is 23.3. The van der Waals surface area contributed by atoms with Crippen LogP contribution in [0.5, 0.6) is 0 Å². The third-order valence-electron chi connectivity index (χ3n) is 4.66. The summed E-state index contributed by atoms with van der Waals surface area (Å²) in [4.78, 5) is 26.5. The summed E-state index contributed by atoms with van der Waals surface area (Å²) in [5.41, 5.74) is -0.259. The number of halogens is 3. The molecule has 0 heterocycles. The van der Waals surface area contributed by atoms with Crippen LogP contribution in [-0.2, 0) is 4.79 Å². The number of carbonyl (C=O) groups excluding carboxylic acids is 2. The quantitative estimate of drug-likeness (QED) is 0.610. The van der Waals surface area contributed by atoms with Crippen LogP contribution in [0.15, 0.2) is 42.5 Å². The molecule has 2 aromatic carbocycles. The SMILES string of the molecule is CC(C)C(NC(=O)c1c(F)cccc1F)C(=O)NCCCN(C)c1ccccc1F. The van der Waals surface area contributed by atoms with Crippen LogP contribution < -0.4 is 15.5 Å². The third-order valence-corrected chi connectivity index (χ3v) is 4.66. The number of anilines is 1. The molecule has 5 nitrogen and oxygen atoms in total. The molecule has 162 valence electrons. The second kappa shape index (κ2) is 10.7. The summed E-state index contributed by atoms with van der Waals surface area (Å²) in [7, 11) is 1.75. The van der Waals surface area contributed by atoms with Gasteiger partial charge in [0.05, 0.1) is 5.69 Å². The van der Waals surface area contributed by atoms with Crippen LogP contribution in [0.4, 0.5) is 18.9 Å². The number of nitrogens with one attached hydrogen (secondary N) is 2. The van der Waals surface area contributed by atoms with E-state index in [1.807, 2.05) is 0 Å². The van der Waals surface area contributed by atoms with Crippen LogP contribution in [0.25, 0.3) is 0 Å². The summed E-state index contributed by atoms with van der Waals surface area (Å²) in [5, 5.41) is 5.12. The smallest absolute Gasteiger partial charge is 0.257 e. The van der Waals surface area contributed by atoms with Crippen molar-refractivity contribution >= 4 is 17.5 Å². The highest BCUT2D eigenvalue weighted by atomic mass is 19.1. The zero-order chi connectivity index (χ0) is 22.3. The fourth-order valence-corrected chi connectivity index (χ4v) is 2.98. The van der Waals surface area contributed by atoms with Gasteiger partial charge in [-0.05, 0) is 36.6 Å². The van der Waals surface area contributed by atoms with E-state index in [4.69, 9.17) is 0 Å². The van der Waals surface area contributed by atoms with E-state index in [0.29, 0.717) is 25.2 Å². The molecular weight excluding hydrogens is 395 g/mol. The van der Waals surface area contributed by atoms with E-state index in [0.717, 1.165) is 18.2 Å². The molecule has 8 heteroatoms. The first-order chi connectivity index (χ1) is 14.2. The molecule has 2 amide bonds. The van der Waals surface area contributed by atoms with Crippen LogP contribution in [0, 0.1) is 23.4 Å². The first-order valence-corrected chi connectivity index (χ1v) is 9.70. The van der Waals surface area contributed by atoms with Crippen molar-refractivity contribution in [3.63, 3.8) is 0 Å². The van der Waals surface area contributed by atoms with Gasteiger partial charge in [-0.1, -0.05) is 32.0 Å². The van der Waals surface area contributed by atoms with Gasteiger partial charge in [0.2, 0.25) is 5.91 Å². The van der Waals surface area contributed by atoms with Gasteiger partial charge in [-0.2, -0.15) is 0 Å². The molecule has 0 saturated carbocycles. The fraction of sp³-hybridized carbons (Fsp3) is 0.364. The minimum Gasteiger partial charge on any atom is -0.372 e. The molecule has 2 N–H and O–H groups in total. The van der Waals surface area contributed by atoms with E-state index < -0.39 is 35.1 Å². The predicted molar refractivity (Wildman–Crippen MR) is 110 cm³/mol. The van der Waals surface area contributed by atoms with E-state index in [1.54, 1.807) is 44.0 Å². The summed E-state index contributed by atoms with van der Waals surface area (Å²) >= 11 is 0. The van der Waals surface area contributed by atoms with Crippen LogP contribution in [0.1, 0.15) is 30.6 Å². The Morgan fingerprint density at radius 3 is 2.17 bits per heavy atom. The highest BCUT2D eigenvalue weighted by Crippen LogP contribution is 2.17. The van der Waals surface area contributed by atoms with Crippen molar-refractivity contribution in [3.8, 4) is 0 Å².